The van der Waals surface area contributed by atoms with Crippen LogP contribution in [0.2, 0.25) is 0 Å². The van der Waals surface area contributed by atoms with Crippen LogP contribution in [0.15, 0.2) is 30.3 Å². The Morgan fingerprint density at radius 3 is 3.00 bits per heavy atom. The van der Waals surface area contributed by atoms with E-state index in [1.165, 1.54) is 11.3 Å². The first kappa shape index (κ1) is 12.2. The molecule has 19 heavy (non-hydrogen) atoms. The van der Waals surface area contributed by atoms with Gasteiger partial charge < -0.3 is 10.2 Å². The van der Waals surface area contributed by atoms with Crippen molar-refractivity contribution in [3.8, 4) is 0 Å². The molecule has 98 valence electrons. The summed E-state index contributed by atoms with van der Waals surface area (Å²) in [7, 11) is 0. The third-order valence-electron chi connectivity index (χ3n) is 3.40. The molecule has 0 bridgehead atoms. The summed E-state index contributed by atoms with van der Waals surface area (Å²) in [6.45, 7) is 2.86. The first-order chi connectivity index (χ1) is 9.16. The molecule has 1 saturated heterocycles. The van der Waals surface area contributed by atoms with Gasteiger partial charge in [-0.05, 0) is 24.4 Å². The van der Waals surface area contributed by atoms with Gasteiger partial charge in [-0.1, -0.05) is 18.2 Å². The van der Waals surface area contributed by atoms with Crippen LogP contribution in [-0.4, -0.2) is 35.8 Å². The lowest BCUT2D eigenvalue weighted by molar-refractivity contribution is -0.127. The van der Waals surface area contributed by atoms with Gasteiger partial charge in [-0.2, -0.15) is 0 Å². The molecule has 1 aliphatic heterocycles. The van der Waals surface area contributed by atoms with E-state index in [1.54, 1.807) is 11.8 Å². The number of thiophene rings is 1. The summed E-state index contributed by atoms with van der Waals surface area (Å²) in [5.74, 6) is -0.135. The van der Waals surface area contributed by atoms with E-state index < -0.39 is 6.04 Å². The van der Waals surface area contributed by atoms with Crippen LogP contribution in [0, 0.1) is 0 Å². The van der Waals surface area contributed by atoms with E-state index in [9.17, 15) is 9.59 Å². The predicted octanol–water partition coefficient (Wildman–Crippen LogP) is 1.86. The zero-order valence-corrected chi connectivity index (χ0v) is 11.4. The maximum atomic E-state index is 12.5. The second-order valence-corrected chi connectivity index (χ2v) is 5.70. The summed E-state index contributed by atoms with van der Waals surface area (Å²) >= 11 is 1.48. The summed E-state index contributed by atoms with van der Waals surface area (Å²) < 4.78 is 1.10. The number of piperazine rings is 1. The minimum Gasteiger partial charge on any atom is -0.353 e. The fourth-order valence-electron chi connectivity index (χ4n) is 2.29. The molecular formula is C14H14N2O2S. The highest BCUT2D eigenvalue weighted by molar-refractivity contribution is 7.20. The van der Waals surface area contributed by atoms with E-state index in [4.69, 9.17) is 0 Å². The van der Waals surface area contributed by atoms with Crippen LogP contribution in [-0.2, 0) is 4.79 Å². The van der Waals surface area contributed by atoms with Gasteiger partial charge in [0, 0.05) is 17.8 Å². The van der Waals surface area contributed by atoms with Crippen molar-refractivity contribution < 1.29 is 9.59 Å². The highest BCUT2D eigenvalue weighted by Gasteiger charge is 2.30. The fraction of sp³-hybridized carbons (Fsp3) is 0.286. The van der Waals surface area contributed by atoms with Crippen LogP contribution in [0.3, 0.4) is 0 Å². The molecule has 3 rings (SSSR count). The number of carbonyl (C=O) groups is 2. The average molecular weight is 274 g/mol. The number of nitrogens with one attached hydrogen (secondary N) is 1. The molecule has 0 saturated carbocycles. The van der Waals surface area contributed by atoms with Gasteiger partial charge in [0.1, 0.15) is 6.04 Å². The zero-order valence-electron chi connectivity index (χ0n) is 10.6. The number of carbonyl (C=O) groups excluding carboxylic acids is 2. The molecule has 2 amide bonds. The molecule has 1 aromatic heterocycles. The van der Waals surface area contributed by atoms with Gasteiger partial charge in [0.15, 0.2) is 0 Å². The van der Waals surface area contributed by atoms with Crippen LogP contribution in [0.25, 0.3) is 10.1 Å². The Bertz CT molecular complexity index is 617. The number of hydrogen-bond acceptors (Lipinski definition) is 3. The third kappa shape index (κ3) is 2.10. The molecule has 2 heterocycles. The van der Waals surface area contributed by atoms with Crippen LogP contribution < -0.4 is 5.32 Å². The maximum Gasteiger partial charge on any atom is 0.264 e. The van der Waals surface area contributed by atoms with E-state index in [-0.39, 0.29) is 11.8 Å². The van der Waals surface area contributed by atoms with Gasteiger partial charge in [0.25, 0.3) is 5.91 Å². The fourth-order valence-corrected chi connectivity index (χ4v) is 3.31. The molecule has 0 aliphatic carbocycles. The molecule has 1 N–H and O–H groups in total. The average Bonchev–Trinajstić information content (AvgIpc) is 2.85. The number of hydrogen-bond donors (Lipinski definition) is 1. The van der Waals surface area contributed by atoms with Crippen LogP contribution in [0.4, 0.5) is 0 Å². The molecule has 0 radical (unpaired) electrons. The first-order valence-corrected chi connectivity index (χ1v) is 7.06. The Hall–Kier alpha value is -1.88. The summed E-state index contributed by atoms with van der Waals surface area (Å²) in [6, 6.07) is 9.43. The topological polar surface area (TPSA) is 49.4 Å². The normalized spacial score (nSPS) is 19.5. The van der Waals surface area contributed by atoms with Crippen molar-refractivity contribution in [3.05, 3.63) is 35.2 Å². The largest absolute Gasteiger partial charge is 0.353 e. The molecule has 0 spiro atoms. The minimum atomic E-state index is -0.397. The second-order valence-electron chi connectivity index (χ2n) is 4.61. The van der Waals surface area contributed by atoms with Gasteiger partial charge in [-0.25, -0.2) is 0 Å². The molecule has 1 aliphatic rings. The van der Waals surface area contributed by atoms with Crippen molar-refractivity contribution in [1.82, 2.24) is 10.2 Å². The van der Waals surface area contributed by atoms with Crippen LogP contribution in [0.1, 0.15) is 16.6 Å². The highest BCUT2D eigenvalue weighted by atomic mass is 32.1. The Balaban J connectivity index is 1.92. The maximum absolute atomic E-state index is 12.5. The predicted molar refractivity (Wildman–Crippen MR) is 75.3 cm³/mol. The smallest absolute Gasteiger partial charge is 0.264 e. The Labute approximate surface area is 115 Å². The molecule has 2 aromatic rings. The van der Waals surface area contributed by atoms with Gasteiger partial charge in [-0.15, -0.1) is 11.3 Å². The van der Waals surface area contributed by atoms with E-state index >= 15 is 0 Å². The number of nitrogens with zero attached hydrogens (tertiary/aromatic N) is 1. The summed E-state index contributed by atoms with van der Waals surface area (Å²) in [4.78, 5) is 26.4. The lowest BCUT2D eigenvalue weighted by atomic mass is 10.2. The molecule has 5 heteroatoms. The standard InChI is InChI=1S/C14H14N2O2S/c1-9-13(17)15-6-7-16(9)14(18)12-8-10-4-2-3-5-11(10)19-12/h2-5,8-9H,6-7H2,1H3,(H,15,17). The molecule has 4 nitrogen and oxygen atoms in total. The number of fused-ring (bicyclic) bond motifs is 1. The van der Waals surface area contributed by atoms with Crippen LogP contribution >= 0.6 is 11.3 Å². The van der Waals surface area contributed by atoms with E-state index in [0.29, 0.717) is 18.0 Å². The monoisotopic (exact) mass is 274 g/mol. The van der Waals surface area contributed by atoms with Gasteiger partial charge in [0.2, 0.25) is 5.91 Å². The molecule has 1 unspecified atom stereocenters. The number of amides is 2. The summed E-state index contributed by atoms with van der Waals surface area (Å²) in [6.07, 6.45) is 0. The number of benzene rings is 1. The van der Waals surface area contributed by atoms with Crippen molar-refractivity contribution in [2.45, 2.75) is 13.0 Å². The van der Waals surface area contributed by atoms with Crippen molar-refractivity contribution in [2.75, 3.05) is 13.1 Å². The van der Waals surface area contributed by atoms with Crippen LogP contribution in [0.5, 0.6) is 0 Å². The van der Waals surface area contributed by atoms with Gasteiger partial charge in [-0.3, -0.25) is 9.59 Å². The van der Waals surface area contributed by atoms with Crippen molar-refractivity contribution in [1.29, 1.82) is 0 Å². The zero-order chi connectivity index (χ0) is 13.4. The SMILES string of the molecule is CC1C(=O)NCCN1C(=O)c1cc2ccccc2s1. The second kappa shape index (κ2) is 4.66. The van der Waals surface area contributed by atoms with Crippen molar-refractivity contribution in [3.63, 3.8) is 0 Å². The first-order valence-electron chi connectivity index (χ1n) is 6.24. The molecular weight excluding hydrogens is 260 g/mol. The van der Waals surface area contributed by atoms with Gasteiger partial charge in [0.05, 0.1) is 4.88 Å². The van der Waals surface area contributed by atoms with Crippen molar-refractivity contribution >= 4 is 33.2 Å². The summed E-state index contributed by atoms with van der Waals surface area (Å²) in [5.41, 5.74) is 0. The highest BCUT2D eigenvalue weighted by Crippen LogP contribution is 2.27. The quantitative estimate of drug-likeness (QED) is 0.863. The van der Waals surface area contributed by atoms with Gasteiger partial charge >= 0.3 is 0 Å². The molecule has 1 aromatic carbocycles. The lowest BCUT2D eigenvalue weighted by Gasteiger charge is -2.32. The van der Waals surface area contributed by atoms with Crippen molar-refractivity contribution in [2.24, 2.45) is 0 Å². The van der Waals surface area contributed by atoms with E-state index in [0.717, 1.165) is 10.1 Å². The number of rotatable bonds is 1. The molecule has 1 fully saturated rings. The lowest BCUT2D eigenvalue weighted by Crippen LogP contribution is -2.55. The minimum absolute atomic E-state index is 0.0523. The Morgan fingerprint density at radius 2 is 2.21 bits per heavy atom. The Kier molecular flexibility index (Phi) is 2.98. The van der Waals surface area contributed by atoms with E-state index in [2.05, 4.69) is 5.32 Å². The van der Waals surface area contributed by atoms with E-state index in [1.807, 2.05) is 30.3 Å². The summed E-state index contributed by atoms with van der Waals surface area (Å²) in [5, 5.41) is 3.84. The third-order valence-corrected chi connectivity index (χ3v) is 4.50. The Morgan fingerprint density at radius 1 is 1.42 bits per heavy atom. The molecule has 1 atom stereocenters.